The molecule has 200 valence electrons. The molecule has 0 bridgehead atoms. The van der Waals surface area contributed by atoms with Gasteiger partial charge in [-0.05, 0) is 36.2 Å². The van der Waals surface area contributed by atoms with Gasteiger partial charge in [-0.3, -0.25) is 24.2 Å². The van der Waals surface area contributed by atoms with Gasteiger partial charge in [0.2, 0.25) is 11.8 Å². The summed E-state index contributed by atoms with van der Waals surface area (Å²) in [6, 6.07) is 8.31. The van der Waals surface area contributed by atoms with Crippen molar-refractivity contribution in [3.63, 3.8) is 0 Å². The Balaban J connectivity index is 2.04. The highest BCUT2D eigenvalue weighted by molar-refractivity contribution is 7.99. The molecule has 11 heteroatoms. The molecule has 2 aromatic rings. The monoisotopic (exact) mass is 531 g/mol. The molecule has 0 aliphatic carbocycles. The number of aromatic nitrogens is 1. The van der Waals surface area contributed by atoms with Crippen LogP contribution >= 0.6 is 11.8 Å². The van der Waals surface area contributed by atoms with Crippen LogP contribution in [0.1, 0.15) is 31.5 Å². The number of carboxylic acid groups (broad SMARTS) is 1. The topological polar surface area (TPSA) is 144 Å². The Labute approximate surface area is 220 Å². The Morgan fingerprint density at radius 1 is 1.05 bits per heavy atom. The summed E-state index contributed by atoms with van der Waals surface area (Å²) in [7, 11) is 3.00. The molecule has 2 rings (SSSR count). The number of aliphatic carboxylic acids is 1. The van der Waals surface area contributed by atoms with Crippen LogP contribution in [0, 0.1) is 5.92 Å². The van der Waals surface area contributed by atoms with Crippen molar-refractivity contribution in [1.82, 2.24) is 15.6 Å². The summed E-state index contributed by atoms with van der Waals surface area (Å²) in [4.78, 5) is 54.2. The molecule has 10 nitrogen and oxygen atoms in total. The number of carboxylic acids is 1. The fourth-order valence-electron chi connectivity index (χ4n) is 3.47. The summed E-state index contributed by atoms with van der Waals surface area (Å²) in [5.74, 6) is -1.51. The van der Waals surface area contributed by atoms with Gasteiger partial charge in [0, 0.05) is 17.5 Å². The molecule has 1 heterocycles. The molecule has 0 aliphatic rings. The molecule has 0 saturated carbocycles. The van der Waals surface area contributed by atoms with Gasteiger partial charge < -0.3 is 25.2 Å². The number of Topliss-reactive ketones (excluding diaryl/α,β-unsaturated/α-hetero) is 1. The third-order valence-electron chi connectivity index (χ3n) is 5.41. The number of methoxy groups -OCH3 is 2. The first-order valence-electron chi connectivity index (χ1n) is 11.7. The average molecular weight is 532 g/mol. The van der Waals surface area contributed by atoms with Gasteiger partial charge in [0.15, 0.2) is 5.78 Å². The first-order chi connectivity index (χ1) is 17.6. The molecule has 0 spiro atoms. The summed E-state index contributed by atoms with van der Waals surface area (Å²) < 4.78 is 10.5. The zero-order chi connectivity index (χ0) is 27.4. The first kappa shape index (κ1) is 29.6. The number of hydrogen-bond donors (Lipinski definition) is 3. The highest BCUT2D eigenvalue weighted by atomic mass is 32.2. The maximum absolute atomic E-state index is 13.1. The largest absolute Gasteiger partial charge is 0.497 e. The van der Waals surface area contributed by atoms with Gasteiger partial charge in [0.25, 0.3) is 0 Å². The van der Waals surface area contributed by atoms with E-state index >= 15 is 0 Å². The van der Waals surface area contributed by atoms with Crippen molar-refractivity contribution in [2.45, 2.75) is 44.5 Å². The van der Waals surface area contributed by atoms with Crippen LogP contribution in [0.5, 0.6) is 11.5 Å². The minimum Gasteiger partial charge on any atom is -0.497 e. The quantitative estimate of drug-likeness (QED) is 0.315. The fourth-order valence-corrected chi connectivity index (χ4v) is 4.36. The molecule has 2 atom stereocenters. The molecule has 0 unspecified atom stereocenters. The van der Waals surface area contributed by atoms with Crippen molar-refractivity contribution < 1.29 is 33.8 Å². The van der Waals surface area contributed by atoms with E-state index in [9.17, 15) is 24.3 Å². The van der Waals surface area contributed by atoms with Gasteiger partial charge in [-0.2, -0.15) is 0 Å². The third kappa shape index (κ3) is 9.76. The van der Waals surface area contributed by atoms with Gasteiger partial charge >= 0.3 is 5.97 Å². The van der Waals surface area contributed by atoms with E-state index in [2.05, 4.69) is 15.6 Å². The summed E-state index contributed by atoms with van der Waals surface area (Å²) >= 11 is 1.28. The number of benzene rings is 1. The molecule has 0 fully saturated rings. The van der Waals surface area contributed by atoms with Gasteiger partial charge in [-0.1, -0.05) is 19.9 Å². The molecule has 3 N–H and O–H groups in total. The predicted molar refractivity (Wildman–Crippen MR) is 140 cm³/mol. The Hall–Kier alpha value is -3.60. The van der Waals surface area contributed by atoms with Crippen LogP contribution in [0.15, 0.2) is 42.6 Å². The second-order valence-corrected chi connectivity index (χ2v) is 9.57. The third-order valence-corrected chi connectivity index (χ3v) is 6.40. The van der Waals surface area contributed by atoms with Gasteiger partial charge in [0.1, 0.15) is 17.5 Å². The van der Waals surface area contributed by atoms with Crippen molar-refractivity contribution in [2.75, 3.05) is 20.0 Å². The maximum atomic E-state index is 13.1. The van der Waals surface area contributed by atoms with E-state index in [0.717, 1.165) is 5.69 Å². The van der Waals surface area contributed by atoms with Gasteiger partial charge in [-0.25, -0.2) is 0 Å². The molecule has 2 amide bonds. The van der Waals surface area contributed by atoms with Crippen molar-refractivity contribution in [1.29, 1.82) is 0 Å². The smallest absolute Gasteiger partial charge is 0.305 e. The van der Waals surface area contributed by atoms with E-state index in [0.29, 0.717) is 22.8 Å². The number of hydrogen-bond acceptors (Lipinski definition) is 8. The van der Waals surface area contributed by atoms with Crippen LogP contribution in [-0.4, -0.2) is 65.7 Å². The minimum atomic E-state index is -1.22. The van der Waals surface area contributed by atoms with Crippen LogP contribution in [0.3, 0.4) is 0 Å². The van der Waals surface area contributed by atoms with Crippen molar-refractivity contribution in [3.8, 4) is 11.5 Å². The normalized spacial score (nSPS) is 12.4. The fraction of sp³-hybridized carbons (Fsp3) is 0.423. The molecule has 0 radical (unpaired) electrons. The maximum Gasteiger partial charge on any atom is 0.305 e. The van der Waals surface area contributed by atoms with Crippen molar-refractivity contribution in [3.05, 3.63) is 53.9 Å². The molecule has 1 aromatic carbocycles. The number of ketones is 1. The molecule has 1 aromatic heterocycles. The molecule has 37 heavy (non-hydrogen) atoms. The lowest BCUT2D eigenvalue weighted by molar-refractivity contribution is -0.140. The number of carbonyl (C=O) groups is 4. The van der Waals surface area contributed by atoms with E-state index in [1.807, 2.05) is 12.1 Å². The molecule has 0 saturated heterocycles. The number of thioether (sulfide) groups is 1. The van der Waals surface area contributed by atoms with Gasteiger partial charge in [0.05, 0.1) is 44.5 Å². The van der Waals surface area contributed by atoms with Crippen molar-refractivity contribution in [2.24, 2.45) is 5.92 Å². The summed E-state index contributed by atoms with van der Waals surface area (Å²) in [6.45, 7) is 3.49. The van der Waals surface area contributed by atoms with Crippen LogP contribution in [0.25, 0.3) is 0 Å². The lowest BCUT2D eigenvalue weighted by atomic mass is 10.0. The summed E-state index contributed by atoms with van der Waals surface area (Å²) in [5, 5.41) is 14.5. The van der Waals surface area contributed by atoms with Crippen LogP contribution in [0.4, 0.5) is 0 Å². The van der Waals surface area contributed by atoms with Gasteiger partial charge in [-0.15, -0.1) is 11.8 Å². The zero-order valence-electron chi connectivity index (χ0n) is 21.4. The lowest BCUT2D eigenvalue weighted by Gasteiger charge is -2.24. The van der Waals surface area contributed by atoms with E-state index in [-0.39, 0.29) is 18.1 Å². The van der Waals surface area contributed by atoms with Crippen molar-refractivity contribution >= 4 is 35.3 Å². The Kier molecular flexibility index (Phi) is 11.9. The highest BCUT2D eigenvalue weighted by Gasteiger charge is 2.30. The zero-order valence-corrected chi connectivity index (χ0v) is 22.2. The summed E-state index contributed by atoms with van der Waals surface area (Å²) in [6.07, 6.45) is 1.02. The highest BCUT2D eigenvalue weighted by Crippen LogP contribution is 2.24. The summed E-state index contributed by atoms with van der Waals surface area (Å²) in [5.41, 5.74) is 1.36. The number of amides is 2. The minimum absolute atomic E-state index is 0.00312. The second-order valence-electron chi connectivity index (χ2n) is 8.58. The SMILES string of the molecule is COc1ccc(OC)c(CC(=O)N[C@H](C(=O)N[C@@H](CC(=O)O)C(=O)CSCc2ccccn2)C(C)C)c1. The predicted octanol–water partition coefficient (Wildman–Crippen LogP) is 2.24. The number of ether oxygens (including phenoxy) is 2. The van der Waals surface area contributed by atoms with E-state index < -0.39 is 42.1 Å². The number of rotatable bonds is 15. The Bertz CT molecular complexity index is 1080. The standard InChI is InChI=1S/C26H33N3O7S/c1-16(2)25(29-23(31)12-17-11-19(35-3)8-9-22(17)36-4)26(34)28-20(13-24(32)33)21(30)15-37-14-18-7-5-6-10-27-18/h5-11,16,20,25H,12-15H2,1-4H3,(H,28,34)(H,29,31)(H,32,33)/t20-,25-/m0/s1. The number of pyridine rings is 1. The Morgan fingerprint density at radius 2 is 1.81 bits per heavy atom. The van der Waals surface area contributed by atoms with E-state index in [1.165, 1.54) is 26.0 Å². The molecular weight excluding hydrogens is 498 g/mol. The van der Waals surface area contributed by atoms with E-state index in [4.69, 9.17) is 9.47 Å². The Morgan fingerprint density at radius 3 is 2.41 bits per heavy atom. The number of nitrogens with one attached hydrogen (secondary N) is 2. The van der Waals surface area contributed by atoms with Crippen LogP contribution < -0.4 is 20.1 Å². The average Bonchev–Trinajstić information content (AvgIpc) is 2.86. The number of carbonyl (C=O) groups excluding carboxylic acids is 3. The number of nitrogens with zero attached hydrogens (tertiary/aromatic N) is 1. The van der Waals surface area contributed by atoms with Crippen LogP contribution in [0.2, 0.25) is 0 Å². The van der Waals surface area contributed by atoms with Crippen LogP contribution in [-0.2, 0) is 31.4 Å². The lowest BCUT2D eigenvalue weighted by Crippen LogP contribution is -2.54. The van der Waals surface area contributed by atoms with E-state index in [1.54, 1.807) is 44.3 Å². The molecular formula is C26H33N3O7S. The first-order valence-corrected chi connectivity index (χ1v) is 12.8. The second kappa shape index (κ2) is 14.8. The molecule has 0 aliphatic heterocycles.